The number of esters is 1. The summed E-state index contributed by atoms with van der Waals surface area (Å²) in [5.41, 5.74) is 1.85. The number of nitrogens with zero attached hydrogens (tertiary/aromatic N) is 3. The summed E-state index contributed by atoms with van der Waals surface area (Å²) in [6.45, 7) is 14.7. The quantitative estimate of drug-likeness (QED) is 0.229. The molecule has 1 spiro atoms. The smallest absolute Gasteiger partial charge is 0.306 e. The Labute approximate surface area is 234 Å². The van der Waals surface area contributed by atoms with Crippen molar-refractivity contribution in [3.63, 3.8) is 0 Å². The maximum atomic E-state index is 13.4. The second-order valence-corrected chi connectivity index (χ2v) is 13.4. The molecule has 5 rings (SSSR count). The summed E-state index contributed by atoms with van der Waals surface area (Å²) in [6, 6.07) is 0. The number of carbonyl (C=O) groups is 1. The fourth-order valence-electron chi connectivity index (χ4n) is 7.32. The summed E-state index contributed by atoms with van der Waals surface area (Å²) in [7, 11) is 3.90. The van der Waals surface area contributed by atoms with E-state index in [2.05, 4.69) is 68.6 Å². The first kappa shape index (κ1) is 28.8. The molecular weight excluding hydrogens is 494 g/mol. The Morgan fingerprint density at radius 3 is 2.69 bits per heavy atom. The number of methoxy groups -OCH3 is 1. The van der Waals surface area contributed by atoms with Gasteiger partial charge in [-0.05, 0) is 83.4 Å². The van der Waals surface area contributed by atoms with Gasteiger partial charge in [0.15, 0.2) is 0 Å². The van der Waals surface area contributed by atoms with Crippen LogP contribution >= 0.6 is 0 Å². The van der Waals surface area contributed by atoms with E-state index in [1.807, 2.05) is 6.20 Å². The zero-order chi connectivity index (χ0) is 27.9. The molecule has 8 heteroatoms. The summed E-state index contributed by atoms with van der Waals surface area (Å²) in [6.07, 6.45) is 9.93. The Bertz CT molecular complexity index is 1040. The molecule has 39 heavy (non-hydrogen) atoms. The van der Waals surface area contributed by atoms with Crippen LogP contribution in [0.1, 0.15) is 78.2 Å². The van der Waals surface area contributed by atoms with Crippen molar-refractivity contribution in [3.8, 4) is 0 Å². The molecule has 218 valence electrons. The van der Waals surface area contributed by atoms with Crippen LogP contribution in [0.3, 0.4) is 0 Å². The van der Waals surface area contributed by atoms with Crippen LogP contribution < -0.4 is 0 Å². The largest absolute Gasteiger partial charge is 0.460 e. The van der Waals surface area contributed by atoms with Crippen LogP contribution in [0, 0.1) is 17.8 Å². The molecule has 3 saturated heterocycles. The van der Waals surface area contributed by atoms with E-state index in [9.17, 15) is 4.79 Å². The zero-order valence-corrected chi connectivity index (χ0v) is 25.0. The number of epoxide rings is 2. The minimum atomic E-state index is -0.336. The lowest BCUT2D eigenvalue weighted by Gasteiger charge is -2.42. The van der Waals surface area contributed by atoms with E-state index >= 15 is 0 Å². The van der Waals surface area contributed by atoms with Crippen molar-refractivity contribution in [2.24, 2.45) is 17.8 Å². The molecule has 4 aliphatic rings. The third-order valence-corrected chi connectivity index (χ3v) is 9.73. The van der Waals surface area contributed by atoms with Gasteiger partial charge in [0.1, 0.15) is 23.4 Å². The molecule has 0 amide bonds. The highest BCUT2D eigenvalue weighted by atomic mass is 16.6. The number of aromatic nitrogens is 2. The third kappa shape index (κ3) is 6.14. The van der Waals surface area contributed by atoms with Crippen LogP contribution in [0.5, 0.6) is 0 Å². The summed E-state index contributed by atoms with van der Waals surface area (Å²) in [5.74, 6) is 0.857. The molecule has 0 aromatic carbocycles. The van der Waals surface area contributed by atoms with Crippen molar-refractivity contribution in [1.29, 1.82) is 0 Å². The highest BCUT2D eigenvalue weighted by molar-refractivity contribution is 5.71. The van der Waals surface area contributed by atoms with E-state index in [4.69, 9.17) is 18.9 Å². The Hall–Kier alpha value is -1.74. The molecule has 8 nitrogen and oxygen atoms in total. The molecule has 0 N–H and O–H groups in total. The predicted molar refractivity (Wildman–Crippen MR) is 149 cm³/mol. The lowest BCUT2D eigenvalue weighted by atomic mass is 9.68. The molecule has 8 atom stereocenters. The van der Waals surface area contributed by atoms with Crippen LogP contribution in [-0.2, 0) is 30.3 Å². The highest BCUT2D eigenvalue weighted by Gasteiger charge is 2.72. The van der Waals surface area contributed by atoms with Crippen LogP contribution in [-0.4, -0.2) is 84.0 Å². The van der Waals surface area contributed by atoms with Crippen LogP contribution in [0.4, 0.5) is 0 Å². The topological polar surface area (TPSA) is 81.7 Å². The standard InChI is InChI=1S/C31H49N3O5/c1-20(2)8-9-26-30(5,39-26)29-28(36-7)25(10-12-31(29)19-37-31)38-27(35)14-24(21(3)4)23-15-32-34(18-23)17-22-11-13-33(6)16-22/h8,15,18,21-22,24-26,28-29H,9-14,16-17,19H2,1-7H3/t22-,24-,25+,26+,28+,29+,30-,31-/m0/s1. The second-order valence-electron chi connectivity index (χ2n) is 13.4. The van der Waals surface area contributed by atoms with E-state index < -0.39 is 0 Å². The summed E-state index contributed by atoms with van der Waals surface area (Å²) < 4.78 is 26.7. The van der Waals surface area contributed by atoms with Crippen molar-refractivity contribution in [3.05, 3.63) is 29.6 Å². The number of allylic oxidation sites excluding steroid dienone is 1. The monoisotopic (exact) mass is 543 g/mol. The number of ether oxygens (including phenoxy) is 4. The van der Waals surface area contributed by atoms with Gasteiger partial charge in [-0.3, -0.25) is 9.48 Å². The van der Waals surface area contributed by atoms with Gasteiger partial charge in [-0.25, -0.2) is 0 Å². The van der Waals surface area contributed by atoms with Gasteiger partial charge >= 0.3 is 5.97 Å². The van der Waals surface area contributed by atoms with Gasteiger partial charge < -0.3 is 23.8 Å². The van der Waals surface area contributed by atoms with Crippen LogP contribution in [0.15, 0.2) is 24.0 Å². The molecule has 1 aliphatic carbocycles. The molecule has 3 aliphatic heterocycles. The molecule has 0 bridgehead atoms. The number of likely N-dealkylation sites (tertiary alicyclic amines) is 1. The van der Waals surface area contributed by atoms with Gasteiger partial charge in [-0.15, -0.1) is 0 Å². The van der Waals surface area contributed by atoms with Gasteiger partial charge in [0, 0.05) is 26.4 Å². The van der Waals surface area contributed by atoms with Crippen molar-refractivity contribution in [1.82, 2.24) is 14.7 Å². The van der Waals surface area contributed by atoms with Gasteiger partial charge in [-0.2, -0.15) is 5.10 Å². The zero-order valence-electron chi connectivity index (χ0n) is 25.0. The van der Waals surface area contributed by atoms with Crippen LogP contribution in [0.2, 0.25) is 0 Å². The average molecular weight is 544 g/mol. The van der Waals surface area contributed by atoms with Gasteiger partial charge in [0.2, 0.25) is 0 Å². The molecule has 1 aromatic heterocycles. The molecular formula is C31H49N3O5. The lowest BCUT2D eigenvalue weighted by molar-refractivity contribution is -0.172. The number of carbonyl (C=O) groups excluding carboxylic acids is 1. The molecule has 4 fully saturated rings. The summed E-state index contributed by atoms with van der Waals surface area (Å²) in [4.78, 5) is 15.8. The first-order chi connectivity index (χ1) is 18.5. The van der Waals surface area contributed by atoms with Gasteiger partial charge in [-0.1, -0.05) is 25.5 Å². The average Bonchev–Trinajstić information content (AvgIpc) is 3.66. The molecule has 4 heterocycles. The maximum absolute atomic E-state index is 13.4. The van der Waals surface area contributed by atoms with Crippen molar-refractivity contribution in [2.75, 3.05) is 33.9 Å². The van der Waals surface area contributed by atoms with E-state index in [1.165, 1.54) is 12.0 Å². The molecule has 1 aromatic rings. The SMILES string of the molecule is CO[C@@H]1[C@H](OC(=O)C[C@H](c2cnn(C[C@H]3CCN(C)C3)c2)C(C)C)CC[C@]2(CO2)[C@H]1[C@@]1(C)O[C@@H]1CC=C(C)C. The Kier molecular flexibility index (Phi) is 8.31. The van der Waals surface area contributed by atoms with Crippen molar-refractivity contribution >= 4 is 5.97 Å². The van der Waals surface area contributed by atoms with E-state index in [-0.39, 0.29) is 47.3 Å². The summed E-state index contributed by atoms with van der Waals surface area (Å²) >= 11 is 0. The highest BCUT2D eigenvalue weighted by Crippen LogP contribution is 2.59. The second kappa shape index (κ2) is 11.3. The number of hydrogen-bond donors (Lipinski definition) is 0. The predicted octanol–water partition coefficient (Wildman–Crippen LogP) is 4.58. The number of hydrogen-bond acceptors (Lipinski definition) is 7. The molecule has 0 unspecified atom stereocenters. The van der Waals surface area contributed by atoms with E-state index in [0.717, 1.165) is 51.1 Å². The molecule has 0 radical (unpaired) electrons. The summed E-state index contributed by atoms with van der Waals surface area (Å²) in [5, 5.41) is 4.65. The van der Waals surface area contributed by atoms with Gasteiger partial charge in [0.25, 0.3) is 0 Å². The minimum absolute atomic E-state index is 0.0332. The maximum Gasteiger partial charge on any atom is 0.306 e. The lowest BCUT2D eigenvalue weighted by Crippen LogP contribution is -2.55. The Morgan fingerprint density at radius 2 is 2.08 bits per heavy atom. The van der Waals surface area contributed by atoms with Crippen molar-refractivity contribution in [2.45, 2.75) is 109 Å². The van der Waals surface area contributed by atoms with Gasteiger partial charge in [0.05, 0.1) is 31.2 Å². The first-order valence-electron chi connectivity index (χ1n) is 14.9. The third-order valence-electron chi connectivity index (χ3n) is 9.73. The molecule has 1 saturated carbocycles. The minimum Gasteiger partial charge on any atom is -0.460 e. The van der Waals surface area contributed by atoms with E-state index in [0.29, 0.717) is 18.3 Å². The van der Waals surface area contributed by atoms with Crippen LogP contribution in [0.25, 0.3) is 0 Å². The Balaban J connectivity index is 1.23. The number of rotatable bonds is 11. The Morgan fingerprint density at radius 1 is 1.31 bits per heavy atom. The first-order valence-corrected chi connectivity index (χ1v) is 14.9. The van der Waals surface area contributed by atoms with E-state index in [1.54, 1.807) is 7.11 Å². The fourth-order valence-corrected chi connectivity index (χ4v) is 7.32. The fraction of sp³-hybridized carbons (Fsp3) is 0.806. The van der Waals surface area contributed by atoms with Crippen molar-refractivity contribution < 1.29 is 23.7 Å². The normalized spacial score (nSPS) is 36.8.